The lowest BCUT2D eigenvalue weighted by Crippen LogP contribution is -2.48. The van der Waals surface area contributed by atoms with Crippen molar-refractivity contribution in [2.24, 2.45) is 11.8 Å². The number of sulfonamides is 1. The Kier molecular flexibility index (Phi) is 6.52. The number of carbonyl (C=O) groups is 1. The van der Waals surface area contributed by atoms with Gasteiger partial charge >= 0.3 is 6.18 Å². The van der Waals surface area contributed by atoms with E-state index in [0.717, 1.165) is 12.1 Å². The van der Waals surface area contributed by atoms with Gasteiger partial charge in [-0.15, -0.1) is 0 Å². The third-order valence-electron chi connectivity index (χ3n) is 5.74. The van der Waals surface area contributed by atoms with Gasteiger partial charge in [0.05, 0.1) is 10.8 Å². The highest BCUT2D eigenvalue weighted by Gasteiger charge is 2.44. The third-order valence-corrected chi connectivity index (χ3v) is 7.28. The van der Waals surface area contributed by atoms with E-state index in [0.29, 0.717) is 38.8 Å². The zero-order valence-corrected chi connectivity index (χ0v) is 16.6. The molecule has 2 aliphatic rings. The fourth-order valence-electron chi connectivity index (χ4n) is 4.09. The van der Waals surface area contributed by atoms with Crippen LogP contribution in [0.4, 0.5) is 17.6 Å². The Balaban J connectivity index is 1.53. The smallest absolute Gasteiger partial charge is 0.342 e. The predicted octanol–water partition coefficient (Wildman–Crippen LogP) is 3.46. The van der Waals surface area contributed by atoms with E-state index in [1.807, 2.05) is 0 Å². The van der Waals surface area contributed by atoms with Crippen LogP contribution in [0.15, 0.2) is 29.2 Å². The maximum absolute atomic E-state index is 13.0. The molecule has 1 aliphatic carbocycles. The number of nitrogens with zero attached hydrogens (tertiary/aromatic N) is 1. The minimum atomic E-state index is -4.27. The second kappa shape index (κ2) is 8.59. The maximum atomic E-state index is 13.0. The van der Waals surface area contributed by atoms with Crippen LogP contribution >= 0.6 is 0 Å². The number of hydrogen-bond acceptors (Lipinski definition) is 3. The summed E-state index contributed by atoms with van der Waals surface area (Å²) in [6.45, 7) is 0.589. The number of piperidine rings is 1. The molecule has 1 heterocycles. The molecule has 0 radical (unpaired) electrons. The van der Waals surface area contributed by atoms with Crippen molar-refractivity contribution in [3.05, 3.63) is 30.1 Å². The van der Waals surface area contributed by atoms with Crippen molar-refractivity contribution in [2.75, 3.05) is 13.1 Å². The van der Waals surface area contributed by atoms with Crippen molar-refractivity contribution in [3.63, 3.8) is 0 Å². The Morgan fingerprint density at radius 1 is 1.03 bits per heavy atom. The molecule has 2 unspecified atom stereocenters. The van der Waals surface area contributed by atoms with Crippen molar-refractivity contribution in [1.82, 2.24) is 9.62 Å². The van der Waals surface area contributed by atoms with Crippen LogP contribution in [0.5, 0.6) is 0 Å². The van der Waals surface area contributed by atoms with Crippen molar-refractivity contribution in [2.45, 2.75) is 55.6 Å². The molecular formula is C19H24F4N2O3S. The Morgan fingerprint density at radius 2 is 1.66 bits per heavy atom. The highest BCUT2D eigenvalue weighted by Crippen LogP contribution is 2.40. The van der Waals surface area contributed by atoms with Gasteiger partial charge < -0.3 is 4.90 Å². The zero-order valence-electron chi connectivity index (χ0n) is 15.8. The summed E-state index contributed by atoms with van der Waals surface area (Å²) in [5.41, 5.74) is 0. The SMILES string of the molecule is O=C(C1CCCC(C(F)(F)F)C1)N1CCC(NS(=O)(=O)c2ccc(F)cc2)CC1. The molecule has 1 aromatic rings. The van der Waals surface area contributed by atoms with Crippen LogP contribution in [0.25, 0.3) is 0 Å². The minimum Gasteiger partial charge on any atom is -0.342 e. The Morgan fingerprint density at radius 3 is 2.24 bits per heavy atom. The van der Waals surface area contributed by atoms with Crippen LogP contribution in [-0.2, 0) is 14.8 Å². The fourth-order valence-corrected chi connectivity index (χ4v) is 5.39. The van der Waals surface area contributed by atoms with Crippen LogP contribution in [0.2, 0.25) is 0 Å². The summed E-state index contributed by atoms with van der Waals surface area (Å²) in [6, 6.07) is 4.10. The van der Waals surface area contributed by atoms with Crippen molar-refractivity contribution < 1.29 is 30.8 Å². The Labute approximate surface area is 167 Å². The number of alkyl halides is 3. The van der Waals surface area contributed by atoms with Gasteiger partial charge in [-0.1, -0.05) is 6.42 Å². The number of hydrogen-bond donors (Lipinski definition) is 1. The predicted molar refractivity (Wildman–Crippen MR) is 97.8 cm³/mol. The number of halogens is 4. The average Bonchev–Trinajstić information content (AvgIpc) is 2.67. The molecule has 1 amide bonds. The molecule has 1 N–H and O–H groups in total. The van der Waals surface area contributed by atoms with Gasteiger partial charge in [-0.2, -0.15) is 13.2 Å². The van der Waals surface area contributed by atoms with Crippen LogP contribution in [0, 0.1) is 17.7 Å². The minimum absolute atomic E-state index is 0.0437. The monoisotopic (exact) mass is 436 g/mol. The Bertz CT molecular complexity index is 819. The second-order valence-electron chi connectivity index (χ2n) is 7.78. The molecule has 5 nitrogen and oxygen atoms in total. The van der Waals surface area contributed by atoms with Crippen LogP contribution in [0.3, 0.4) is 0 Å². The van der Waals surface area contributed by atoms with Crippen LogP contribution in [-0.4, -0.2) is 44.5 Å². The first-order valence-corrected chi connectivity index (χ1v) is 11.2. The quantitative estimate of drug-likeness (QED) is 0.736. The van der Waals surface area contributed by atoms with E-state index in [9.17, 15) is 30.8 Å². The summed E-state index contributed by atoms with van der Waals surface area (Å²) in [5.74, 6) is -2.85. The number of rotatable bonds is 4. The average molecular weight is 436 g/mol. The van der Waals surface area contributed by atoms with E-state index < -0.39 is 33.9 Å². The van der Waals surface area contributed by atoms with E-state index in [1.54, 1.807) is 4.90 Å². The number of carbonyl (C=O) groups excluding carboxylic acids is 1. The molecule has 29 heavy (non-hydrogen) atoms. The first kappa shape index (κ1) is 22.0. The van der Waals surface area contributed by atoms with Crippen molar-refractivity contribution >= 4 is 15.9 Å². The highest BCUT2D eigenvalue weighted by molar-refractivity contribution is 7.89. The lowest BCUT2D eigenvalue weighted by Gasteiger charge is -2.37. The van der Waals surface area contributed by atoms with Crippen LogP contribution < -0.4 is 4.72 Å². The first-order valence-electron chi connectivity index (χ1n) is 9.69. The van der Waals surface area contributed by atoms with Gasteiger partial charge in [0.1, 0.15) is 5.82 Å². The van der Waals surface area contributed by atoms with E-state index in [2.05, 4.69) is 4.72 Å². The summed E-state index contributed by atoms with van der Waals surface area (Å²) < 4.78 is 79.2. The van der Waals surface area contributed by atoms with E-state index in [-0.39, 0.29) is 29.7 Å². The van der Waals surface area contributed by atoms with E-state index in [1.165, 1.54) is 12.1 Å². The first-order chi connectivity index (χ1) is 13.6. The Hall–Kier alpha value is -1.68. The van der Waals surface area contributed by atoms with Crippen molar-refractivity contribution in [1.29, 1.82) is 0 Å². The summed E-state index contributed by atoms with van der Waals surface area (Å²) in [7, 11) is -3.80. The highest BCUT2D eigenvalue weighted by atomic mass is 32.2. The molecule has 2 fully saturated rings. The molecule has 2 atom stereocenters. The molecule has 0 bridgehead atoms. The van der Waals surface area contributed by atoms with E-state index >= 15 is 0 Å². The summed E-state index contributed by atoms with van der Waals surface area (Å²) in [6.07, 6.45) is -2.77. The molecule has 10 heteroatoms. The summed E-state index contributed by atoms with van der Waals surface area (Å²) in [5, 5.41) is 0. The molecule has 0 spiro atoms. The fraction of sp³-hybridized carbons (Fsp3) is 0.632. The standard InChI is InChI=1S/C19H24F4N2O3S/c20-15-4-6-17(7-5-15)29(27,28)24-16-8-10-25(11-9-16)18(26)13-2-1-3-14(12-13)19(21,22)23/h4-7,13-14,16,24H,1-3,8-12H2. The molecule has 1 saturated carbocycles. The van der Waals surface area contributed by atoms with E-state index in [4.69, 9.17) is 0 Å². The lowest BCUT2D eigenvalue weighted by molar-refractivity contribution is -0.187. The maximum Gasteiger partial charge on any atom is 0.391 e. The molecule has 3 rings (SSSR count). The molecule has 1 aliphatic heterocycles. The zero-order chi connectivity index (χ0) is 21.2. The molecule has 0 aromatic heterocycles. The molecule has 1 saturated heterocycles. The third kappa shape index (κ3) is 5.48. The number of benzene rings is 1. The lowest BCUT2D eigenvalue weighted by atomic mass is 9.80. The normalized spacial score (nSPS) is 24.5. The number of amides is 1. The van der Waals surface area contributed by atoms with Crippen LogP contribution in [0.1, 0.15) is 38.5 Å². The summed E-state index contributed by atoms with van der Waals surface area (Å²) in [4.78, 5) is 14.2. The molecule has 1 aromatic carbocycles. The summed E-state index contributed by atoms with van der Waals surface area (Å²) >= 11 is 0. The van der Waals surface area contributed by atoms with Gasteiger partial charge in [0.2, 0.25) is 15.9 Å². The van der Waals surface area contributed by atoms with Gasteiger partial charge in [0, 0.05) is 25.0 Å². The van der Waals surface area contributed by atoms with Gasteiger partial charge in [-0.25, -0.2) is 17.5 Å². The van der Waals surface area contributed by atoms with Gasteiger partial charge in [0.25, 0.3) is 0 Å². The van der Waals surface area contributed by atoms with Crippen molar-refractivity contribution in [3.8, 4) is 0 Å². The number of likely N-dealkylation sites (tertiary alicyclic amines) is 1. The topological polar surface area (TPSA) is 66.5 Å². The largest absolute Gasteiger partial charge is 0.391 e. The molecule has 162 valence electrons. The van der Waals surface area contributed by atoms with Gasteiger partial charge in [0.15, 0.2) is 0 Å². The second-order valence-corrected chi connectivity index (χ2v) is 9.49. The van der Waals surface area contributed by atoms with Gasteiger partial charge in [-0.05, 0) is 56.4 Å². The number of nitrogens with one attached hydrogen (secondary N) is 1. The van der Waals surface area contributed by atoms with Gasteiger partial charge in [-0.3, -0.25) is 4.79 Å². The molecular weight excluding hydrogens is 412 g/mol.